The molecule has 6 nitrogen and oxygen atoms in total. The lowest BCUT2D eigenvalue weighted by atomic mass is 10.0. The summed E-state index contributed by atoms with van der Waals surface area (Å²) in [5, 5.41) is 3.12. The van der Waals surface area contributed by atoms with Crippen molar-refractivity contribution in [1.82, 2.24) is 19.8 Å². The number of aromatic nitrogens is 2. The minimum absolute atomic E-state index is 0.0268. The van der Waals surface area contributed by atoms with E-state index in [1.165, 1.54) is 0 Å². The summed E-state index contributed by atoms with van der Waals surface area (Å²) in [5.41, 5.74) is 1.97. The summed E-state index contributed by atoms with van der Waals surface area (Å²) in [6.45, 7) is 4.62. The summed E-state index contributed by atoms with van der Waals surface area (Å²) < 4.78 is 2.03. The van der Waals surface area contributed by atoms with Gasteiger partial charge in [0, 0.05) is 27.1 Å². The van der Waals surface area contributed by atoms with Crippen LogP contribution in [0.4, 0.5) is 0 Å². The zero-order valence-corrected chi connectivity index (χ0v) is 14.6. The molecule has 2 amide bonds. The van der Waals surface area contributed by atoms with Crippen LogP contribution < -0.4 is 5.32 Å². The average Bonchev–Trinajstić information content (AvgIpc) is 3.05. The van der Waals surface area contributed by atoms with E-state index in [9.17, 15) is 9.59 Å². The highest BCUT2D eigenvalue weighted by atomic mass is 16.2. The monoisotopic (exact) mass is 328 g/mol. The number of aryl methyl sites for hydroxylation is 1. The van der Waals surface area contributed by atoms with Crippen LogP contribution in [-0.2, 0) is 16.6 Å². The maximum Gasteiger partial charge on any atom is 0.226 e. The second-order valence-corrected chi connectivity index (χ2v) is 6.92. The third-order valence-electron chi connectivity index (χ3n) is 4.78. The molecule has 2 heterocycles. The van der Waals surface area contributed by atoms with Crippen LogP contribution in [0.5, 0.6) is 0 Å². The van der Waals surface area contributed by atoms with E-state index in [-0.39, 0.29) is 36.1 Å². The molecule has 0 spiro atoms. The van der Waals surface area contributed by atoms with Crippen molar-refractivity contribution >= 4 is 22.8 Å². The molecule has 1 N–H and O–H groups in total. The lowest BCUT2D eigenvalue weighted by Crippen LogP contribution is -2.38. The van der Waals surface area contributed by atoms with Crippen LogP contribution in [0.25, 0.3) is 11.0 Å². The third-order valence-corrected chi connectivity index (χ3v) is 4.78. The van der Waals surface area contributed by atoms with Crippen LogP contribution in [0.15, 0.2) is 24.3 Å². The normalized spacial score (nSPS) is 19.3. The molecule has 1 aliphatic rings. The zero-order chi connectivity index (χ0) is 17.4. The molecule has 0 bridgehead atoms. The minimum Gasteiger partial charge on any atom is -0.346 e. The summed E-state index contributed by atoms with van der Waals surface area (Å²) >= 11 is 0. The van der Waals surface area contributed by atoms with Crippen LogP contribution in [0.3, 0.4) is 0 Å². The van der Waals surface area contributed by atoms with Gasteiger partial charge in [0.2, 0.25) is 11.8 Å². The van der Waals surface area contributed by atoms with Crippen molar-refractivity contribution in [3.63, 3.8) is 0 Å². The Morgan fingerprint density at radius 1 is 1.29 bits per heavy atom. The van der Waals surface area contributed by atoms with Crippen LogP contribution >= 0.6 is 0 Å². The fourth-order valence-electron chi connectivity index (χ4n) is 3.28. The molecule has 6 heteroatoms. The quantitative estimate of drug-likeness (QED) is 0.931. The standard InChI is InChI=1S/C18H24N4O2/c1-11(2)16(20-18(24)12-9-15(23)21(3)10-12)17-19-13-7-5-6-8-14(13)22(17)4/h5-8,11-12,16H,9-10H2,1-4H3,(H,20,24)/t12-,16+/m0/s1. The van der Waals surface area contributed by atoms with Crippen LogP contribution in [0, 0.1) is 11.8 Å². The molecule has 0 aliphatic carbocycles. The zero-order valence-electron chi connectivity index (χ0n) is 14.6. The first-order chi connectivity index (χ1) is 11.4. The van der Waals surface area contributed by atoms with E-state index in [0.717, 1.165) is 16.9 Å². The Morgan fingerprint density at radius 2 is 2.00 bits per heavy atom. The van der Waals surface area contributed by atoms with E-state index in [4.69, 9.17) is 4.98 Å². The molecule has 128 valence electrons. The van der Waals surface area contributed by atoms with Gasteiger partial charge in [-0.1, -0.05) is 26.0 Å². The number of nitrogens with one attached hydrogen (secondary N) is 1. The van der Waals surface area contributed by atoms with Gasteiger partial charge in [-0.2, -0.15) is 0 Å². The van der Waals surface area contributed by atoms with Gasteiger partial charge in [0.25, 0.3) is 0 Å². The number of hydrogen-bond donors (Lipinski definition) is 1. The molecule has 0 saturated carbocycles. The van der Waals surface area contributed by atoms with Gasteiger partial charge < -0.3 is 14.8 Å². The summed E-state index contributed by atoms with van der Waals surface area (Å²) in [6, 6.07) is 7.76. The number of benzene rings is 1. The van der Waals surface area contributed by atoms with Gasteiger partial charge >= 0.3 is 0 Å². The number of nitrogens with zero attached hydrogens (tertiary/aromatic N) is 3. The number of fused-ring (bicyclic) bond motifs is 1. The Labute approximate surface area is 141 Å². The number of likely N-dealkylation sites (tertiary alicyclic amines) is 1. The Hall–Kier alpha value is -2.37. The molecule has 2 atom stereocenters. The van der Waals surface area contributed by atoms with Gasteiger partial charge in [-0.25, -0.2) is 4.98 Å². The fraction of sp³-hybridized carbons (Fsp3) is 0.500. The third kappa shape index (κ3) is 2.88. The number of para-hydroxylation sites is 2. The second kappa shape index (κ2) is 6.26. The van der Waals surface area contributed by atoms with Crippen molar-refractivity contribution in [2.75, 3.05) is 13.6 Å². The highest BCUT2D eigenvalue weighted by Crippen LogP contribution is 2.26. The lowest BCUT2D eigenvalue weighted by molar-refractivity contribution is -0.128. The minimum atomic E-state index is -0.279. The van der Waals surface area contributed by atoms with Crippen molar-refractivity contribution in [2.45, 2.75) is 26.3 Å². The van der Waals surface area contributed by atoms with Crippen LogP contribution in [0.1, 0.15) is 32.1 Å². The average molecular weight is 328 g/mol. The number of carbonyl (C=O) groups excluding carboxylic acids is 2. The molecule has 0 unspecified atom stereocenters. The number of hydrogen-bond acceptors (Lipinski definition) is 3. The van der Waals surface area contributed by atoms with Gasteiger partial charge in [0.15, 0.2) is 0 Å². The summed E-state index contributed by atoms with van der Waals surface area (Å²) in [4.78, 5) is 30.6. The van der Waals surface area contributed by atoms with Gasteiger partial charge in [-0.3, -0.25) is 9.59 Å². The van der Waals surface area contributed by atoms with Crippen molar-refractivity contribution in [3.8, 4) is 0 Å². The number of rotatable bonds is 4. The SMILES string of the molecule is CC(C)[C@@H](NC(=O)[C@H]1CC(=O)N(C)C1)c1nc2ccccc2n1C. The van der Waals surface area contributed by atoms with E-state index < -0.39 is 0 Å². The molecular weight excluding hydrogens is 304 g/mol. The predicted molar refractivity (Wildman–Crippen MR) is 92.2 cm³/mol. The summed E-state index contributed by atoms with van der Waals surface area (Å²) in [5.74, 6) is 0.715. The molecular formula is C18H24N4O2. The fourth-order valence-corrected chi connectivity index (χ4v) is 3.28. The molecule has 1 saturated heterocycles. The number of amides is 2. The van der Waals surface area contributed by atoms with E-state index in [0.29, 0.717) is 6.54 Å². The first-order valence-corrected chi connectivity index (χ1v) is 8.34. The highest BCUT2D eigenvalue weighted by Gasteiger charge is 2.34. The van der Waals surface area contributed by atoms with Gasteiger partial charge in [-0.15, -0.1) is 0 Å². The predicted octanol–water partition coefficient (Wildman–Crippen LogP) is 1.86. The first-order valence-electron chi connectivity index (χ1n) is 8.34. The largest absolute Gasteiger partial charge is 0.346 e. The van der Waals surface area contributed by atoms with Crippen molar-refractivity contribution in [3.05, 3.63) is 30.1 Å². The Kier molecular flexibility index (Phi) is 4.30. The molecule has 1 aromatic carbocycles. The highest BCUT2D eigenvalue weighted by molar-refractivity contribution is 5.89. The molecule has 3 rings (SSSR count). The first kappa shape index (κ1) is 16.5. The molecule has 1 aliphatic heterocycles. The smallest absolute Gasteiger partial charge is 0.226 e. The van der Waals surface area contributed by atoms with Gasteiger partial charge in [0.1, 0.15) is 5.82 Å². The topological polar surface area (TPSA) is 67.2 Å². The molecule has 24 heavy (non-hydrogen) atoms. The molecule has 1 fully saturated rings. The van der Waals surface area contributed by atoms with E-state index in [1.54, 1.807) is 11.9 Å². The van der Waals surface area contributed by atoms with Crippen LogP contribution in [-0.4, -0.2) is 39.9 Å². The molecule has 1 aromatic heterocycles. The Morgan fingerprint density at radius 3 is 2.58 bits per heavy atom. The maximum absolute atomic E-state index is 12.6. The number of imidazole rings is 1. The van der Waals surface area contributed by atoms with Crippen LogP contribution in [0.2, 0.25) is 0 Å². The van der Waals surface area contributed by atoms with Gasteiger partial charge in [0.05, 0.1) is 23.0 Å². The van der Waals surface area contributed by atoms with E-state index in [2.05, 4.69) is 19.2 Å². The lowest BCUT2D eigenvalue weighted by Gasteiger charge is -2.23. The number of carbonyl (C=O) groups is 2. The van der Waals surface area contributed by atoms with Gasteiger partial charge in [-0.05, 0) is 18.1 Å². The molecule has 2 aromatic rings. The van der Waals surface area contributed by atoms with E-state index in [1.807, 2.05) is 35.9 Å². The Balaban J connectivity index is 1.86. The van der Waals surface area contributed by atoms with Crippen molar-refractivity contribution < 1.29 is 9.59 Å². The second-order valence-electron chi connectivity index (χ2n) is 6.92. The summed E-state index contributed by atoms with van der Waals surface area (Å²) in [6.07, 6.45) is 0.287. The Bertz CT molecular complexity index is 780. The van der Waals surface area contributed by atoms with Crippen molar-refractivity contribution in [1.29, 1.82) is 0 Å². The maximum atomic E-state index is 12.6. The molecule has 0 radical (unpaired) electrons. The van der Waals surface area contributed by atoms with E-state index >= 15 is 0 Å². The summed E-state index contributed by atoms with van der Waals surface area (Å²) in [7, 11) is 3.71. The van der Waals surface area contributed by atoms with Crippen molar-refractivity contribution in [2.24, 2.45) is 18.9 Å².